The lowest BCUT2D eigenvalue weighted by atomic mass is 9.66. The fraction of sp³-hybridized carbons (Fsp3) is 0.588. The molecule has 120 valence electrons. The third kappa shape index (κ3) is 2.58. The summed E-state index contributed by atoms with van der Waals surface area (Å²) in [6.45, 7) is 0.460. The molecule has 0 aromatic heterocycles. The lowest BCUT2D eigenvalue weighted by Gasteiger charge is -2.52. The van der Waals surface area contributed by atoms with Crippen molar-refractivity contribution < 1.29 is 19.0 Å². The van der Waals surface area contributed by atoms with E-state index in [4.69, 9.17) is 4.74 Å². The van der Waals surface area contributed by atoms with Gasteiger partial charge in [-0.3, -0.25) is 0 Å². The average Bonchev–Trinajstić information content (AvgIpc) is 2.53. The molecule has 3 rings (SSSR count). The maximum absolute atomic E-state index is 13.2. The second-order valence-corrected chi connectivity index (χ2v) is 6.37. The number of piperidine rings is 1. The minimum atomic E-state index is -0.734. The number of ether oxygens (including phenoxy) is 1. The molecule has 5 heteroatoms. The number of hydrogen-bond acceptors (Lipinski definition) is 3. The molecule has 0 bridgehead atoms. The van der Waals surface area contributed by atoms with Crippen molar-refractivity contribution in [3.05, 3.63) is 35.6 Å². The summed E-state index contributed by atoms with van der Waals surface area (Å²) in [4.78, 5) is 13.8. The average molecular weight is 307 g/mol. The van der Waals surface area contributed by atoms with Gasteiger partial charge in [0.2, 0.25) is 0 Å². The summed E-state index contributed by atoms with van der Waals surface area (Å²) in [5, 5.41) is 11.0. The SMILES string of the molecule is COC(=O)N1CCC2(O)CCCCC2C1c1ccc(F)cc1. The number of amides is 1. The summed E-state index contributed by atoms with van der Waals surface area (Å²) in [5.74, 6) is -0.331. The number of methoxy groups -OCH3 is 1. The second-order valence-electron chi connectivity index (χ2n) is 6.37. The smallest absolute Gasteiger partial charge is 0.410 e. The first-order chi connectivity index (χ1) is 10.5. The van der Waals surface area contributed by atoms with Crippen LogP contribution in [0.15, 0.2) is 24.3 Å². The molecule has 1 N–H and O–H groups in total. The number of aliphatic hydroxyl groups is 1. The zero-order chi connectivity index (χ0) is 15.7. The van der Waals surface area contributed by atoms with Gasteiger partial charge in [0.1, 0.15) is 5.82 Å². The van der Waals surface area contributed by atoms with E-state index in [-0.39, 0.29) is 23.9 Å². The van der Waals surface area contributed by atoms with E-state index in [1.807, 2.05) is 0 Å². The zero-order valence-corrected chi connectivity index (χ0v) is 12.8. The number of hydrogen-bond donors (Lipinski definition) is 1. The topological polar surface area (TPSA) is 49.8 Å². The third-order valence-electron chi connectivity index (χ3n) is 5.19. The fourth-order valence-electron chi connectivity index (χ4n) is 4.08. The Balaban J connectivity index is 2.00. The summed E-state index contributed by atoms with van der Waals surface area (Å²) in [7, 11) is 1.37. The summed E-state index contributed by atoms with van der Waals surface area (Å²) < 4.78 is 18.1. The van der Waals surface area contributed by atoms with Crippen LogP contribution < -0.4 is 0 Å². The highest BCUT2D eigenvalue weighted by atomic mass is 19.1. The number of fused-ring (bicyclic) bond motifs is 1. The van der Waals surface area contributed by atoms with Crippen molar-refractivity contribution in [1.29, 1.82) is 0 Å². The Hall–Kier alpha value is -1.62. The normalized spacial score (nSPS) is 31.5. The highest BCUT2D eigenvalue weighted by Gasteiger charge is 2.50. The van der Waals surface area contributed by atoms with Gasteiger partial charge in [-0.15, -0.1) is 0 Å². The first-order valence-corrected chi connectivity index (χ1v) is 7.87. The van der Waals surface area contributed by atoms with Crippen molar-refractivity contribution in [3.8, 4) is 0 Å². The van der Waals surface area contributed by atoms with E-state index in [0.717, 1.165) is 31.2 Å². The van der Waals surface area contributed by atoms with E-state index in [1.54, 1.807) is 17.0 Å². The molecular weight excluding hydrogens is 285 g/mol. The maximum atomic E-state index is 13.2. The Morgan fingerprint density at radius 1 is 1.32 bits per heavy atom. The first-order valence-electron chi connectivity index (χ1n) is 7.87. The van der Waals surface area contributed by atoms with Crippen LogP contribution in [0.1, 0.15) is 43.7 Å². The Morgan fingerprint density at radius 3 is 2.73 bits per heavy atom. The number of carbonyl (C=O) groups is 1. The Morgan fingerprint density at radius 2 is 2.05 bits per heavy atom. The highest BCUT2D eigenvalue weighted by molar-refractivity contribution is 5.68. The van der Waals surface area contributed by atoms with Crippen LogP contribution >= 0.6 is 0 Å². The van der Waals surface area contributed by atoms with Crippen molar-refractivity contribution >= 4 is 6.09 Å². The van der Waals surface area contributed by atoms with Gasteiger partial charge in [0.25, 0.3) is 0 Å². The van der Waals surface area contributed by atoms with Crippen molar-refractivity contribution in [3.63, 3.8) is 0 Å². The van der Waals surface area contributed by atoms with Gasteiger partial charge in [0.15, 0.2) is 0 Å². The molecule has 1 amide bonds. The number of benzene rings is 1. The molecule has 1 saturated heterocycles. The number of carbonyl (C=O) groups excluding carboxylic acids is 1. The quantitative estimate of drug-likeness (QED) is 0.866. The van der Waals surface area contributed by atoms with Gasteiger partial charge < -0.3 is 14.7 Å². The van der Waals surface area contributed by atoms with E-state index in [2.05, 4.69) is 0 Å². The molecular formula is C17H22FNO3. The second kappa shape index (κ2) is 5.88. The molecule has 2 aliphatic rings. The third-order valence-corrected chi connectivity index (χ3v) is 5.19. The number of nitrogens with zero attached hydrogens (tertiary/aromatic N) is 1. The predicted octanol–water partition coefficient (Wildman–Crippen LogP) is 3.26. The molecule has 1 aliphatic heterocycles. The molecule has 2 fully saturated rings. The Bertz CT molecular complexity index is 547. The van der Waals surface area contributed by atoms with Crippen LogP contribution in [0.25, 0.3) is 0 Å². The van der Waals surface area contributed by atoms with Gasteiger partial charge in [-0.1, -0.05) is 25.0 Å². The number of rotatable bonds is 1. The minimum absolute atomic E-state index is 0.0282. The van der Waals surface area contributed by atoms with E-state index >= 15 is 0 Å². The summed E-state index contributed by atoms with van der Waals surface area (Å²) in [5.41, 5.74) is 0.124. The Kier molecular flexibility index (Phi) is 4.08. The zero-order valence-electron chi connectivity index (χ0n) is 12.8. The summed E-state index contributed by atoms with van der Waals surface area (Å²) in [6, 6.07) is 5.96. The molecule has 0 spiro atoms. The van der Waals surface area contributed by atoms with Crippen molar-refractivity contribution in [2.45, 2.75) is 43.7 Å². The largest absolute Gasteiger partial charge is 0.453 e. The molecule has 1 heterocycles. The molecule has 22 heavy (non-hydrogen) atoms. The standard InChI is InChI=1S/C17H22FNO3/c1-22-16(20)19-11-10-17(21)9-3-2-4-14(17)15(19)12-5-7-13(18)8-6-12/h5-8,14-15,21H,2-4,9-11H2,1H3. The highest BCUT2D eigenvalue weighted by Crippen LogP contribution is 2.49. The van der Waals surface area contributed by atoms with Crippen LogP contribution in [-0.4, -0.2) is 35.4 Å². The van der Waals surface area contributed by atoms with Crippen LogP contribution in [0, 0.1) is 11.7 Å². The Labute approximate surface area is 129 Å². The van der Waals surface area contributed by atoms with Crippen LogP contribution in [-0.2, 0) is 4.74 Å². The lowest BCUT2D eigenvalue weighted by Crippen LogP contribution is -2.56. The van der Waals surface area contributed by atoms with Gasteiger partial charge in [0, 0.05) is 12.5 Å². The predicted molar refractivity (Wildman–Crippen MR) is 79.8 cm³/mol. The van der Waals surface area contributed by atoms with Gasteiger partial charge in [-0.25, -0.2) is 9.18 Å². The maximum Gasteiger partial charge on any atom is 0.410 e. The van der Waals surface area contributed by atoms with Crippen LogP contribution in [0.5, 0.6) is 0 Å². The van der Waals surface area contributed by atoms with E-state index < -0.39 is 5.60 Å². The van der Waals surface area contributed by atoms with Crippen molar-refractivity contribution in [2.24, 2.45) is 5.92 Å². The number of halogens is 1. The molecule has 1 aromatic carbocycles. The van der Waals surface area contributed by atoms with E-state index in [1.165, 1.54) is 19.2 Å². The van der Waals surface area contributed by atoms with Crippen molar-refractivity contribution in [1.82, 2.24) is 4.90 Å². The minimum Gasteiger partial charge on any atom is -0.453 e. The molecule has 0 radical (unpaired) electrons. The molecule has 1 aromatic rings. The van der Waals surface area contributed by atoms with Crippen molar-refractivity contribution in [2.75, 3.05) is 13.7 Å². The van der Waals surface area contributed by atoms with Gasteiger partial charge >= 0.3 is 6.09 Å². The molecule has 3 atom stereocenters. The van der Waals surface area contributed by atoms with Gasteiger partial charge in [-0.05, 0) is 37.0 Å². The molecule has 1 saturated carbocycles. The van der Waals surface area contributed by atoms with Gasteiger partial charge in [-0.2, -0.15) is 0 Å². The van der Waals surface area contributed by atoms with E-state index in [0.29, 0.717) is 13.0 Å². The van der Waals surface area contributed by atoms with Crippen LogP contribution in [0.3, 0.4) is 0 Å². The van der Waals surface area contributed by atoms with Crippen LogP contribution in [0.4, 0.5) is 9.18 Å². The monoisotopic (exact) mass is 307 g/mol. The molecule has 4 nitrogen and oxygen atoms in total. The first kappa shape index (κ1) is 15.3. The molecule has 3 unspecified atom stereocenters. The number of likely N-dealkylation sites (tertiary alicyclic amines) is 1. The molecule has 1 aliphatic carbocycles. The van der Waals surface area contributed by atoms with Gasteiger partial charge in [0.05, 0.1) is 18.8 Å². The lowest BCUT2D eigenvalue weighted by molar-refractivity contribution is -0.117. The van der Waals surface area contributed by atoms with E-state index in [9.17, 15) is 14.3 Å². The summed E-state index contributed by atoms with van der Waals surface area (Å²) in [6.07, 6.45) is 3.88. The van der Waals surface area contributed by atoms with Crippen LogP contribution in [0.2, 0.25) is 0 Å². The summed E-state index contributed by atoms with van der Waals surface area (Å²) >= 11 is 0. The fourth-order valence-corrected chi connectivity index (χ4v) is 4.08.